The Morgan fingerprint density at radius 2 is 2.00 bits per heavy atom. The van der Waals surface area contributed by atoms with Crippen molar-refractivity contribution in [2.45, 2.75) is 6.92 Å². The molecule has 0 spiro atoms. The highest BCUT2D eigenvalue weighted by atomic mass is 35.5. The number of carbonyl (C=O) groups excluding carboxylic acids is 1. The number of pyridine rings is 1. The molecule has 1 heterocycles. The van der Waals surface area contributed by atoms with Crippen LogP contribution < -0.4 is 10.9 Å². The zero-order valence-corrected chi connectivity index (χ0v) is 11.1. The molecule has 19 heavy (non-hydrogen) atoms. The predicted molar refractivity (Wildman–Crippen MR) is 76.6 cm³/mol. The Morgan fingerprint density at radius 1 is 1.32 bits per heavy atom. The SMILES string of the molecule is Cc1cc(-c2ccccc2)c(NC(=O)CCl)c(=O)[nH]1. The van der Waals surface area contributed by atoms with Gasteiger partial charge in [-0.1, -0.05) is 30.3 Å². The molecule has 2 rings (SSSR count). The molecular weight excluding hydrogens is 264 g/mol. The highest BCUT2D eigenvalue weighted by molar-refractivity contribution is 6.29. The number of aryl methyl sites for hydroxylation is 1. The van der Waals surface area contributed by atoms with Crippen LogP contribution in [-0.2, 0) is 4.79 Å². The summed E-state index contributed by atoms with van der Waals surface area (Å²) in [5.41, 5.74) is 2.16. The van der Waals surface area contributed by atoms with Crippen LogP contribution in [0.3, 0.4) is 0 Å². The van der Waals surface area contributed by atoms with E-state index in [1.807, 2.05) is 36.4 Å². The number of amides is 1. The molecule has 98 valence electrons. The van der Waals surface area contributed by atoms with Crippen molar-refractivity contribution >= 4 is 23.2 Å². The van der Waals surface area contributed by atoms with Crippen LogP contribution in [0.2, 0.25) is 0 Å². The molecule has 1 aromatic carbocycles. The number of aromatic nitrogens is 1. The maximum atomic E-state index is 12.0. The predicted octanol–water partition coefficient (Wildman–Crippen LogP) is 2.53. The number of hydrogen-bond acceptors (Lipinski definition) is 2. The van der Waals surface area contributed by atoms with Gasteiger partial charge in [-0.05, 0) is 18.6 Å². The first-order chi connectivity index (χ1) is 9.11. The number of benzene rings is 1. The van der Waals surface area contributed by atoms with E-state index in [0.29, 0.717) is 5.56 Å². The molecule has 1 aromatic heterocycles. The number of alkyl halides is 1. The van der Waals surface area contributed by atoms with E-state index in [2.05, 4.69) is 10.3 Å². The van der Waals surface area contributed by atoms with Crippen LogP contribution in [-0.4, -0.2) is 16.8 Å². The third kappa shape index (κ3) is 3.03. The summed E-state index contributed by atoms with van der Waals surface area (Å²) in [4.78, 5) is 26.0. The molecule has 1 amide bonds. The Bertz CT molecular complexity index is 650. The molecule has 0 saturated heterocycles. The van der Waals surface area contributed by atoms with E-state index in [4.69, 9.17) is 11.6 Å². The first-order valence-corrected chi connectivity index (χ1v) is 6.30. The van der Waals surface area contributed by atoms with Crippen molar-refractivity contribution < 1.29 is 4.79 Å². The van der Waals surface area contributed by atoms with Gasteiger partial charge in [-0.25, -0.2) is 0 Å². The number of hydrogen-bond donors (Lipinski definition) is 2. The first-order valence-electron chi connectivity index (χ1n) is 5.77. The van der Waals surface area contributed by atoms with E-state index in [9.17, 15) is 9.59 Å². The summed E-state index contributed by atoms with van der Waals surface area (Å²) >= 11 is 5.46. The number of halogens is 1. The maximum absolute atomic E-state index is 12.0. The van der Waals surface area contributed by atoms with Gasteiger partial charge in [0, 0.05) is 11.3 Å². The summed E-state index contributed by atoms with van der Waals surface area (Å²) in [5.74, 6) is -0.602. The molecule has 0 saturated carbocycles. The number of aromatic amines is 1. The average molecular weight is 277 g/mol. The summed E-state index contributed by atoms with van der Waals surface area (Å²) in [6, 6.07) is 11.2. The lowest BCUT2D eigenvalue weighted by Gasteiger charge is -2.10. The molecule has 0 fully saturated rings. The molecule has 0 aliphatic heterocycles. The molecule has 0 atom stereocenters. The van der Waals surface area contributed by atoms with Gasteiger partial charge in [0.25, 0.3) is 5.56 Å². The lowest BCUT2D eigenvalue weighted by molar-refractivity contribution is -0.113. The van der Waals surface area contributed by atoms with Gasteiger partial charge >= 0.3 is 0 Å². The Hall–Kier alpha value is -2.07. The quantitative estimate of drug-likeness (QED) is 0.846. The summed E-state index contributed by atoms with van der Waals surface area (Å²) in [6.45, 7) is 1.79. The molecule has 2 aromatic rings. The largest absolute Gasteiger partial charge is 0.325 e. The smallest absolute Gasteiger partial charge is 0.272 e. The lowest BCUT2D eigenvalue weighted by atomic mass is 10.0. The minimum atomic E-state index is -0.409. The van der Waals surface area contributed by atoms with Crippen LogP contribution in [0.1, 0.15) is 5.69 Å². The van der Waals surface area contributed by atoms with Gasteiger partial charge in [-0.15, -0.1) is 11.6 Å². The molecule has 0 aliphatic rings. The van der Waals surface area contributed by atoms with E-state index in [0.717, 1.165) is 11.3 Å². The fourth-order valence-corrected chi connectivity index (χ4v) is 1.90. The lowest BCUT2D eigenvalue weighted by Crippen LogP contribution is -2.22. The van der Waals surface area contributed by atoms with Gasteiger partial charge in [0.1, 0.15) is 11.6 Å². The third-order valence-corrected chi connectivity index (χ3v) is 2.88. The van der Waals surface area contributed by atoms with Crippen LogP contribution in [0.5, 0.6) is 0 Å². The molecule has 4 nitrogen and oxygen atoms in total. The van der Waals surface area contributed by atoms with E-state index in [1.54, 1.807) is 6.92 Å². The second-order valence-corrected chi connectivity index (χ2v) is 4.39. The van der Waals surface area contributed by atoms with Crippen molar-refractivity contribution in [1.29, 1.82) is 0 Å². The van der Waals surface area contributed by atoms with E-state index >= 15 is 0 Å². The summed E-state index contributed by atoms with van der Waals surface area (Å²) in [7, 11) is 0. The normalized spacial score (nSPS) is 10.2. The number of anilines is 1. The van der Waals surface area contributed by atoms with Crippen molar-refractivity contribution in [2.75, 3.05) is 11.2 Å². The van der Waals surface area contributed by atoms with Crippen molar-refractivity contribution in [3.05, 3.63) is 52.4 Å². The number of rotatable bonds is 3. The molecule has 5 heteroatoms. The van der Waals surface area contributed by atoms with Crippen LogP contribution in [0.4, 0.5) is 5.69 Å². The minimum absolute atomic E-state index is 0.193. The summed E-state index contributed by atoms with van der Waals surface area (Å²) < 4.78 is 0. The molecule has 2 N–H and O–H groups in total. The average Bonchev–Trinajstić information content (AvgIpc) is 2.42. The summed E-state index contributed by atoms with van der Waals surface area (Å²) in [6.07, 6.45) is 0. The zero-order valence-electron chi connectivity index (χ0n) is 10.4. The van der Waals surface area contributed by atoms with Crippen molar-refractivity contribution in [3.63, 3.8) is 0 Å². The Balaban J connectivity index is 2.58. The van der Waals surface area contributed by atoms with Gasteiger partial charge in [-0.3, -0.25) is 9.59 Å². The zero-order chi connectivity index (χ0) is 13.8. The van der Waals surface area contributed by atoms with Gasteiger partial charge in [0.2, 0.25) is 5.91 Å². The highest BCUT2D eigenvalue weighted by Gasteiger charge is 2.12. The van der Waals surface area contributed by atoms with Gasteiger partial charge in [0.05, 0.1) is 0 Å². The number of carbonyl (C=O) groups is 1. The van der Waals surface area contributed by atoms with Crippen molar-refractivity contribution in [3.8, 4) is 11.1 Å². The van der Waals surface area contributed by atoms with Crippen molar-refractivity contribution in [2.24, 2.45) is 0 Å². The highest BCUT2D eigenvalue weighted by Crippen LogP contribution is 2.25. The molecule has 0 bridgehead atoms. The third-order valence-electron chi connectivity index (χ3n) is 2.64. The van der Waals surface area contributed by atoms with E-state index in [-0.39, 0.29) is 17.1 Å². The number of H-pyrrole nitrogens is 1. The summed E-state index contributed by atoms with van der Waals surface area (Å²) in [5, 5.41) is 2.54. The van der Waals surface area contributed by atoms with Crippen LogP contribution in [0.15, 0.2) is 41.2 Å². The standard InChI is InChI=1S/C14H13ClN2O2/c1-9-7-11(10-5-3-2-4-6-10)13(14(19)16-9)17-12(18)8-15/h2-7H,8H2,1H3,(H,16,19)(H,17,18). The topological polar surface area (TPSA) is 62.0 Å². The van der Waals surface area contributed by atoms with Gasteiger partial charge in [-0.2, -0.15) is 0 Å². The Labute approximate surface area is 115 Å². The maximum Gasteiger partial charge on any atom is 0.272 e. The van der Waals surface area contributed by atoms with E-state index in [1.165, 1.54) is 0 Å². The van der Waals surface area contributed by atoms with Gasteiger partial charge < -0.3 is 10.3 Å². The van der Waals surface area contributed by atoms with Crippen LogP contribution in [0.25, 0.3) is 11.1 Å². The fourth-order valence-electron chi connectivity index (χ4n) is 1.83. The first kappa shape index (κ1) is 13.4. The molecular formula is C14H13ClN2O2. The second-order valence-electron chi connectivity index (χ2n) is 4.12. The molecule has 0 radical (unpaired) electrons. The molecule has 0 unspecified atom stereocenters. The molecule has 0 aliphatic carbocycles. The second kappa shape index (κ2) is 5.71. The Morgan fingerprint density at radius 3 is 2.63 bits per heavy atom. The van der Waals surface area contributed by atoms with Crippen LogP contribution in [0, 0.1) is 6.92 Å². The fraction of sp³-hybridized carbons (Fsp3) is 0.143. The minimum Gasteiger partial charge on any atom is -0.325 e. The number of nitrogens with one attached hydrogen (secondary N) is 2. The van der Waals surface area contributed by atoms with Crippen molar-refractivity contribution in [1.82, 2.24) is 4.98 Å². The Kier molecular flexibility index (Phi) is 4.02. The van der Waals surface area contributed by atoms with Gasteiger partial charge in [0.15, 0.2) is 0 Å². The van der Waals surface area contributed by atoms with E-state index < -0.39 is 5.91 Å². The van der Waals surface area contributed by atoms with Crippen LogP contribution >= 0.6 is 11.6 Å². The monoisotopic (exact) mass is 276 g/mol.